The Labute approximate surface area is 89.9 Å². The molecule has 14 heavy (non-hydrogen) atoms. The quantitative estimate of drug-likeness (QED) is 0.543. The molecule has 1 saturated heterocycles. The van der Waals surface area contributed by atoms with Crippen molar-refractivity contribution in [3.63, 3.8) is 0 Å². The van der Waals surface area contributed by atoms with E-state index in [0.29, 0.717) is 12.2 Å². The molecule has 1 aromatic carbocycles. The van der Waals surface area contributed by atoms with E-state index >= 15 is 0 Å². The Kier molecular flexibility index (Phi) is 3.49. The van der Waals surface area contributed by atoms with E-state index in [1.807, 2.05) is 11.8 Å². The highest BCUT2D eigenvalue weighted by atomic mass is 32.2. The standard InChI is InChI=1S/C12H16OS/c1-2-6-11-12(13-11)9-14-10-7-4-3-5-8-10/h3-5,7-8,11-12H,2,6,9H2,1H3/t11-,12+/m1/s1. The second-order valence-corrected chi connectivity index (χ2v) is 4.72. The Balaban J connectivity index is 1.70. The summed E-state index contributed by atoms with van der Waals surface area (Å²) in [4.78, 5) is 1.35. The first-order valence-corrected chi connectivity index (χ1v) is 6.22. The van der Waals surface area contributed by atoms with Gasteiger partial charge in [0.25, 0.3) is 0 Å². The number of rotatable bonds is 5. The Morgan fingerprint density at radius 3 is 2.71 bits per heavy atom. The van der Waals surface area contributed by atoms with Crippen molar-refractivity contribution in [2.24, 2.45) is 0 Å². The van der Waals surface area contributed by atoms with E-state index < -0.39 is 0 Å². The average molecular weight is 208 g/mol. The minimum Gasteiger partial charge on any atom is -0.369 e. The summed E-state index contributed by atoms with van der Waals surface area (Å²) in [6.07, 6.45) is 3.52. The van der Waals surface area contributed by atoms with Gasteiger partial charge in [-0.25, -0.2) is 0 Å². The van der Waals surface area contributed by atoms with Gasteiger partial charge in [-0.15, -0.1) is 11.8 Å². The number of hydrogen-bond acceptors (Lipinski definition) is 2. The Hall–Kier alpha value is -0.470. The fourth-order valence-corrected chi connectivity index (χ4v) is 2.56. The topological polar surface area (TPSA) is 12.5 Å². The van der Waals surface area contributed by atoms with Crippen molar-refractivity contribution in [1.82, 2.24) is 0 Å². The maximum Gasteiger partial charge on any atom is 0.0935 e. The van der Waals surface area contributed by atoms with Gasteiger partial charge in [-0.1, -0.05) is 31.5 Å². The molecule has 1 nitrogen and oxygen atoms in total. The van der Waals surface area contributed by atoms with Gasteiger partial charge in [0.2, 0.25) is 0 Å². The first-order chi connectivity index (χ1) is 6.90. The van der Waals surface area contributed by atoms with Crippen molar-refractivity contribution >= 4 is 11.8 Å². The van der Waals surface area contributed by atoms with Gasteiger partial charge in [0.15, 0.2) is 0 Å². The van der Waals surface area contributed by atoms with Gasteiger partial charge in [0, 0.05) is 10.6 Å². The summed E-state index contributed by atoms with van der Waals surface area (Å²) in [6, 6.07) is 10.5. The molecule has 1 aliphatic heterocycles. The SMILES string of the molecule is CCC[C@H]1O[C@H]1CSc1ccccc1. The van der Waals surface area contributed by atoms with E-state index in [4.69, 9.17) is 4.74 Å². The zero-order valence-electron chi connectivity index (χ0n) is 8.48. The Morgan fingerprint density at radius 2 is 2.00 bits per heavy atom. The summed E-state index contributed by atoms with van der Waals surface area (Å²) in [5.74, 6) is 1.11. The molecular weight excluding hydrogens is 192 g/mol. The van der Waals surface area contributed by atoms with Crippen molar-refractivity contribution in [3.8, 4) is 0 Å². The minimum atomic E-state index is 0.514. The minimum absolute atomic E-state index is 0.514. The van der Waals surface area contributed by atoms with Crippen LogP contribution in [0.15, 0.2) is 35.2 Å². The van der Waals surface area contributed by atoms with Crippen LogP contribution in [0.3, 0.4) is 0 Å². The molecule has 0 saturated carbocycles. The van der Waals surface area contributed by atoms with Crippen LogP contribution >= 0.6 is 11.8 Å². The zero-order valence-corrected chi connectivity index (χ0v) is 9.30. The summed E-state index contributed by atoms with van der Waals surface area (Å²) >= 11 is 1.90. The van der Waals surface area contributed by atoms with Crippen LogP contribution in [-0.2, 0) is 4.74 Å². The highest BCUT2D eigenvalue weighted by Crippen LogP contribution is 2.31. The molecule has 0 amide bonds. The van der Waals surface area contributed by atoms with Crippen LogP contribution in [0.25, 0.3) is 0 Å². The third-order valence-electron chi connectivity index (χ3n) is 2.42. The number of benzene rings is 1. The molecule has 0 radical (unpaired) electrons. The summed E-state index contributed by atoms with van der Waals surface area (Å²) in [5.41, 5.74) is 0. The van der Waals surface area contributed by atoms with Crippen LogP contribution in [0.2, 0.25) is 0 Å². The molecular formula is C12H16OS. The molecule has 0 spiro atoms. The van der Waals surface area contributed by atoms with Crippen LogP contribution in [0.1, 0.15) is 19.8 Å². The largest absolute Gasteiger partial charge is 0.369 e. The lowest BCUT2D eigenvalue weighted by atomic mass is 10.2. The molecule has 1 aromatic rings. The van der Waals surface area contributed by atoms with E-state index in [9.17, 15) is 0 Å². The van der Waals surface area contributed by atoms with Crippen LogP contribution in [0, 0.1) is 0 Å². The lowest BCUT2D eigenvalue weighted by Gasteiger charge is -1.97. The van der Waals surface area contributed by atoms with E-state index in [1.54, 1.807) is 0 Å². The maximum absolute atomic E-state index is 5.56. The normalized spacial score (nSPS) is 24.9. The molecule has 1 fully saturated rings. The van der Waals surface area contributed by atoms with E-state index in [0.717, 1.165) is 5.75 Å². The molecule has 1 heterocycles. The van der Waals surface area contributed by atoms with E-state index in [1.165, 1.54) is 17.7 Å². The van der Waals surface area contributed by atoms with Crippen LogP contribution in [-0.4, -0.2) is 18.0 Å². The predicted molar refractivity (Wildman–Crippen MR) is 60.7 cm³/mol. The van der Waals surface area contributed by atoms with Gasteiger partial charge in [-0.05, 0) is 18.6 Å². The average Bonchev–Trinajstić information content (AvgIpc) is 2.96. The fourth-order valence-electron chi connectivity index (χ4n) is 1.56. The lowest BCUT2D eigenvalue weighted by molar-refractivity contribution is 0.371. The molecule has 0 N–H and O–H groups in total. The van der Waals surface area contributed by atoms with Gasteiger partial charge in [0.05, 0.1) is 12.2 Å². The van der Waals surface area contributed by atoms with E-state index in [2.05, 4.69) is 37.3 Å². The zero-order chi connectivity index (χ0) is 9.80. The van der Waals surface area contributed by atoms with Crippen molar-refractivity contribution in [2.45, 2.75) is 36.9 Å². The van der Waals surface area contributed by atoms with E-state index in [-0.39, 0.29) is 0 Å². The summed E-state index contributed by atoms with van der Waals surface area (Å²) in [6.45, 7) is 2.21. The van der Waals surface area contributed by atoms with Gasteiger partial charge >= 0.3 is 0 Å². The molecule has 0 aromatic heterocycles. The summed E-state index contributed by atoms with van der Waals surface area (Å²) in [7, 11) is 0. The van der Waals surface area contributed by atoms with Crippen molar-refractivity contribution in [2.75, 3.05) is 5.75 Å². The van der Waals surface area contributed by atoms with Gasteiger partial charge in [-0.2, -0.15) is 0 Å². The first-order valence-electron chi connectivity index (χ1n) is 5.23. The van der Waals surface area contributed by atoms with Crippen molar-refractivity contribution in [3.05, 3.63) is 30.3 Å². The predicted octanol–water partition coefficient (Wildman–Crippen LogP) is 3.35. The molecule has 2 rings (SSSR count). The fraction of sp³-hybridized carbons (Fsp3) is 0.500. The monoisotopic (exact) mass is 208 g/mol. The first kappa shape index (κ1) is 10.1. The van der Waals surface area contributed by atoms with Crippen LogP contribution < -0.4 is 0 Å². The van der Waals surface area contributed by atoms with Gasteiger partial charge < -0.3 is 4.74 Å². The highest BCUT2D eigenvalue weighted by molar-refractivity contribution is 7.99. The van der Waals surface area contributed by atoms with Crippen LogP contribution in [0.5, 0.6) is 0 Å². The number of ether oxygens (including phenoxy) is 1. The molecule has 2 heteroatoms. The van der Waals surface area contributed by atoms with Crippen LogP contribution in [0.4, 0.5) is 0 Å². The number of hydrogen-bond donors (Lipinski definition) is 0. The van der Waals surface area contributed by atoms with Crippen molar-refractivity contribution in [1.29, 1.82) is 0 Å². The summed E-state index contributed by atoms with van der Waals surface area (Å²) < 4.78 is 5.56. The molecule has 0 aliphatic carbocycles. The van der Waals surface area contributed by atoms with Crippen molar-refractivity contribution < 1.29 is 4.74 Å². The Bertz CT molecular complexity index is 273. The Morgan fingerprint density at radius 1 is 1.21 bits per heavy atom. The number of epoxide rings is 1. The third-order valence-corrected chi connectivity index (χ3v) is 3.52. The lowest BCUT2D eigenvalue weighted by Crippen LogP contribution is -1.96. The molecule has 76 valence electrons. The maximum atomic E-state index is 5.56. The molecule has 2 atom stereocenters. The molecule has 0 unspecified atom stereocenters. The number of thioether (sulfide) groups is 1. The third kappa shape index (κ3) is 2.76. The molecule has 1 aliphatic rings. The molecule has 0 bridgehead atoms. The summed E-state index contributed by atoms with van der Waals surface area (Å²) in [5, 5.41) is 0. The van der Waals surface area contributed by atoms with Gasteiger partial charge in [-0.3, -0.25) is 0 Å². The second-order valence-electron chi connectivity index (χ2n) is 3.63. The smallest absolute Gasteiger partial charge is 0.0935 e. The second kappa shape index (κ2) is 4.85. The highest BCUT2D eigenvalue weighted by Gasteiger charge is 2.37. The van der Waals surface area contributed by atoms with Gasteiger partial charge in [0.1, 0.15) is 0 Å².